The van der Waals surface area contributed by atoms with E-state index in [4.69, 9.17) is 4.74 Å². The average molecular weight is 278 g/mol. The number of amides is 1. The Morgan fingerprint density at radius 2 is 2.40 bits per heavy atom. The number of nitrogens with one attached hydrogen (secondary N) is 1. The molecule has 3 heterocycles. The molecule has 6 heteroatoms. The Kier molecular flexibility index (Phi) is 3.76. The number of rotatable bonds is 3. The van der Waals surface area contributed by atoms with Crippen LogP contribution in [0.25, 0.3) is 0 Å². The van der Waals surface area contributed by atoms with Crippen molar-refractivity contribution in [3.8, 4) is 0 Å². The molecule has 0 spiro atoms. The Bertz CT molecular complexity index is 485. The number of hydrogen-bond acceptors (Lipinski definition) is 4. The van der Waals surface area contributed by atoms with E-state index in [-0.39, 0.29) is 24.7 Å². The SMILES string of the molecule is CC(C)n1nccc1CN1CC[C@H]2OCC(=O)N[C@H]2C1. The maximum Gasteiger partial charge on any atom is 0.246 e. The third-order valence-corrected chi connectivity index (χ3v) is 4.04. The first-order valence-corrected chi connectivity index (χ1v) is 7.29. The van der Waals surface area contributed by atoms with Gasteiger partial charge in [-0.2, -0.15) is 5.10 Å². The number of nitrogens with zero attached hydrogens (tertiary/aromatic N) is 3. The van der Waals surface area contributed by atoms with Crippen molar-refractivity contribution in [2.24, 2.45) is 0 Å². The highest BCUT2D eigenvalue weighted by Gasteiger charge is 2.34. The molecule has 2 aliphatic heterocycles. The Morgan fingerprint density at radius 3 is 3.20 bits per heavy atom. The largest absolute Gasteiger partial charge is 0.366 e. The molecule has 0 aliphatic carbocycles. The summed E-state index contributed by atoms with van der Waals surface area (Å²) in [5, 5.41) is 7.41. The van der Waals surface area contributed by atoms with Gasteiger partial charge in [0.25, 0.3) is 0 Å². The fourth-order valence-electron chi connectivity index (χ4n) is 3.07. The molecule has 20 heavy (non-hydrogen) atoms. The van der Waals surface area contributed by atoms with Gasteiger partial charge in [0.05, 0.1) is 17.8 Å². The lowest BCUT2D eigenvalue weighted by Gasteiger charge is -2.41. The second-order valence-electron chi connectivity index (χ2n) is 5.91. The molecule has 6 nitrogen and oxygen atoms in total. The van der Waals surface area contributed by atoms with Gasteiger partial charge in [-0.1, -0.05) is 0 Å². The van der Waals surface area contributed by atoms with Crippen molar-refractivity contribution >= 4 is 5.91 Å². The first-order valence-electron chi connectivity index (χ1n) is 7.29. The summed E-state index contributed by atoms with van der Waals surface area (Å²) < 4.78 is 7.64. The van der Waals surface area contributed by atoms with Gasteiger partial charge in [0, 0.05) is 31.9 Å². The predicted molar refractivity (Wildman–Crippen MR) is 74.2 cm³/mol. The zero-order valence-corrected chi connectivity index (χ0v) is 12.1. The summed E-state index contributed by atoms with van der Waals surface area (Å²) in [6.07, 6.45) is 3.01. The van der Waals surface area contributed by atoms with E-state index in [0.717, 1.165) is 26.1 Å². The lowest BCUT2D eigenvalue weighted by atomic mass is 10.0. The predicted octanol–water partition coefficient (Wildman–Crippen LogP) is 0.553. The molecular formula is C14H22N4O2. The highest BCUT2D eigenvalue weighted by molar-refractivity contribution is 5.78. The number of hydrogen-bond donors (Lipinski definition) is 1. The summed E-state index contributed by atoms with van der Waals surface area (Å²) in [6, 6.07) is 2.57. The zero-order valence-electron chi connectivity index (χ0n) is 12.1. The normalized spacial score (nSPS) is 27.4. The van der Waals surface area contributed by atoms with Crippen molar-refractivity contribution in [2.75, 3.05) is 19.7 Å². The van der Waals surface area contributed by atoms with Gasteiger partial charge < -0.3 is 10.1 Å². The zero-order chi connectivity index (χ0) is 14.1. The number of piperidine rings is 1. The Labute approximate surface area is 119 Å². The van der Waals surface area contributed by atoms with Crippen LogP contribution in [0.2, 0.25) is 0 Å². The third-order valence-electron chi connectivity index (χ3n) is 4.04. The summed E-state index contributed by atoms with van der Waals surface area (Å²) >= 11 is 0. The number of likely N-dealkylation sites (tertiary alicyclic amines) is 1. The summed E-state index contributed by atoms with van der Waals surface area (Å²) in [4.78, 5) is 13.8. The van der Waals surface area contributed by atoms with Crippen molar-refractivity contribution in [2.45, 2.75) is 45.0 Å². The number of morpholine rings is 1. The van der Waals surface area contributed by atoms with E-state index in [1.165, 1.54) is 5.69 Å². The molecule has 1 aromatic heterocycles. The maximum atomic E-state index is 11.4. The molecule has 0 saturated carbocycles. The van der Waals surface area contributed by atoms with Gasteiger partial charge in [0.2, 0.25) is 5.91 Å². The van der Waals surface area contributed by atoms with Gasteiger partial charge in [-0.25, -0.2) is 0 Å². The lowest BCUT2D eigenvalue weighted by Crippen LogP contribution is -2.60. The van der Waals surface area contributed by atoms with Gasteiger partial charge in [-0.15, -0.1) is 0 Å². The van der Waals surface area contributed by atoms with Crippen LogP contribution in [0.1, 0.15) is 32.0 Å². The molecule has 3 rings (SSSR count). The number of carbonyl (C=O) groups excluding carboxylic acids is 1. The van der Waals surface area contributed by atoms with Gasteiger partial charge in [-0.3, -0.25) is 14.4 Å². The topological polar surface area (TPSA) is 59.4 Å². The van der Waals surface area contributed by atoms with Crippen molar-refractivity contribution in [1.29, 1.82) is 0 Å². The smallest absolute Gasteiger partial charge is 0.246 e. The van der Waals surface area contributed by atoms with E-state index in [2.05, 4.69) is 39.9 Å². The quantitative estimate of drug-likeness (QED) is 0.877. The minimum absolute atomic E-state index is 0.000298. The van der Waals surface area contributed by atoms with Gasteiger partial charge in [0.1, 0.15) is 6.61 Å². The monoisotopic (exact) mass is 278 g/mol. The number of ether oxygens (including phenoxy) is 1. The number of carbonyl (C=O) groups is 1. The number of aromatic nitrogens is 2. The first-order chi connectivity index (χ1) is 9.63. The minimum Gasteiger partial charge on any atom is -0.366 e. The fraction of sp³-hybridized carbons (Fsp3) is 0.714. The molecule has 0 bridgehead atoms. The van der Waals surface area contributed by atoms with Gasteiger partial charge in [-0.05, 0) is 26.3 Å². The highest BCUT2D eigenvalue weighted by Crippen LogP contribution is 2.20. The highest BCUT2D eigenvalue weighted by atomic mass is 16.5. The molecule has 1 aromatic rings. The van der Waals surface area contributed by atoms with Crippen LogP contribution in [0.3, 0.4) is 0 Å². The van der Waals surface area contributed by atoms with E-state index >= 15 is 0 Å². The van der Waals surface area contributed by atoms with Crippen molar-refractivity contribution in [3.63, 3.8) is 0 Å². The van der Waals surface area contributed by atoms with Crippen molar-refractivity contribution in [3.05, 3.63) is 18.0 Å². The summed E-state index contributed by atoms with van der Waals surface area (Å²) in [5.41, 5.74) is 1.22. The molecule has 0 radical (unpaired) electrons. The van der Waals surface area contributed by atoms with Crippen LogP contribution < -0.4 is 5.32 Å². The third kappa shape index (κ3) is 2.71. The van der Waals surface area contributed by atoms with Crippen molar-refractivity contribution in [1.82, 2.24) is 20.0 Å². The molecule has 1 amide bonds. The van der Waals surface area contributed by atoms with Crippen LogP contribution in [-0.4, -0.2) is 52.4 Å². The number of fused-ring (bicyclic) bond motifs is 1. The van der Waals surface area contributed by atoms with E-state index < -0.39 is 0 Å². The molecule has 2 atom stereocenters. The van der Waals surface area contributed by atoms with E-state index in [9.17, 15) is 4.79 Å². The van der Waals surface area contributed by atoms with Crippen LogP contribution >= 0.6 is 0 Å². The van der Waals surface area contributed by atoms with Crippen molar-refractivity contribution < 1.29 is 9.53 Å². The molecule has 0 aromatic carbocycles. The fourth-order valence-corrected chi connectivity index (χ4v) is 3.07. The Hall–Kier alpha value is -1.40. The molecule has 2 aliphatic rings. The van der Waals surface area contributed by atoms with E-state index in [0.29, 0.717) is 6.04 Å². The Balaban J connectivity index is 1.64. The van der Waals surface area contributed by atoms with Gasteiger partial charge >= 0.3 is 0 Å². The van der Waals surface area contributed by atoms with Crippen LogP contribution in [0.4, 0.5) is 0 Å². The van der Waals surface area contributed by atoms with Crippen LogP contribution in [-0.2, 0) is 16.1 Å². The maximum absolute atomic E-state index is 11.4. The molecule has 2 saturated heterocycles. The molecular weight excluding hydrogens is 256 g/mol. The van der Waals surface area contributed by atoms with Gasteiger partial charge in [0.15, 0.2) is 0 Å². The molecule has 110 valence electrons. The van der Waals surface area contributed by atoms with E-state index in [1.807, 2.05) is 6.20 Å². The lowest BCUT2D eigenvalue weighted by molar-refractivity contribution is -0.140. The molecule has 1 N–H and O–H groups in total. The summed E-state index contributed by atoms with van der Waals surface area (Å²) in [7, 11) is 0. The summed E-state index contributed by atoms with van der Waals surface area (Å²) in [5.74, 6) is 0.000298. The van der Waals surface area contributed by atoms with Crippen LogP contribution in [0.5, 0.6) is 0 Å². The average Bonchev–Trinajstić information content (AvgIpc) is 2.86. The van der Waals surface area contributed by atoms with Crippen LogP contribution in [0, 0.1) is 0 Å². The first kappa shape index (κ1) is 13.6. The molecule has 0 unspecified atom stereocenters. The second-order valence-corrected chi connectivity index (χ2v) is 5.91. The van der Waals surface area contributed by atoms with E-state index in [1.54, 1.807) is 0 Å². The minimum atomic E-state index is 0.000298. The standard InChI is InChI=1S/C14H22N4O2/c1-10(2)18-11(3-5-15-18)7-17-6-4-13-12(8-17)16-14(19)9-20-13/h3,5,10,12-13H,4,6-9H2,1-2H3,(H,16,19)/t12-,13+/m0/s1. The van der Waals surface area contributed by atoms with Crippen LogP contribution in [0.15, 0.2) is 12.3 Å². The summed E-state index contributed by atoms with van der Waals surface area (Å²) in [6.45, 7) is 7.20. The second kappa shape index (κ2) is 5.54. The molecule has 2 fully saturated rings. The Morgan fingerprint density at radius 1 is 1.55 bits per heavy atom.